The van der Waals surface area contributed by atoms with Crippen LogP contribution in [0, 0.1) is 11.3 Å². The first-order chi connectivity index (χ1) is 8.54. The summed E-state index contributed by atoms with van der Waals surface area (Å²) in [6.45, 7) is 12.7. The van der Waals surface area contributed by atoms with E-state index in [9.17, 15) is 0 Å². The highest BCUT2D eigenvalue weighted by Crippen LogP contribution is 2.42. The minimum absolute atomic E-state index is 0.618. The van der Waals surface area contributed by atoms with Gasteiger partial charge in [-0.05, 0) is 50.1 Å². The average Bonchev–Trinajstić information content (AvgIpc) is 2.70. The Balaban J connectivity index is 2.14. The summed E-state index contributed by atoms with van der Waals surface area (Å²) in [5, 5.41) is 7.18. The summed E-state index contributed by atoms with van der Waals surface area (Å²) in [5.41, 5.74) is 0.625. The summed E-state index contributed by atoms with van der Waals surface area (Å²) in [6, 6.07) is 0.618. The quantitative estimate of drug-likeness (QED) is 0.615. The summed E-state index contributed by atoms with van der Waals surface area (Å²) in [4.78, 5) is 0. The van der Waals surface area contributed by atoms with Gasteiger partial charge in [-0.25, -0.2) is 0 Å². The van der Waals surface area contributed by atoms with Gasteiger partial charge in [0.1, 0.15) is 0 Å². The molecule has 0 unspecified atom stereocenters. The summed E-state index contributed by atoms with van der Waals surface area (Å²) < 4.78 is 0. The molecule has 0 amide bonds. The molecule has 0 aliphatic heterocycles. The van der Waals surface area contributed by atoms with Crippen LogP contribution >= 0.6 is 0 Å². The molecule has 0 aromatic heterocycles. The molecule has 18 heavy (non-hydrogen) atoms. The maximum Gasteiger partial charge on any atom is 0.00103 e. The third-order valence-electron chi connectivity index (χ3n) is 4.09. The number of rotatable bonds is 9. The molecule has 0 aromatic carbocycles. The molecule has 2 nitrogen and oxygen atoms in total. The maximum absolute atomic E-state index is 3.71. The van der Waals surface area contributed by atoms with Gasteiger partial charge in [-0.2, -0.15) is 0 Å². The first kappa shape index (κ1) is 16.0. The summed E-state index contributed by atoms with van der Waals surface area (Å²) in [5.74, 6) is 0.840. The zero-order chi connectivity index (χ0) is 13.4. The molecule has 0 heterocycles. The predicted molar refractivity (Wildman–Crippen MR) is 81.0 cm³/mol. The van der Waals surface area contributed by atoms with Crippen LogP contribution in [-0.4, -0.2) is 25.7 Å². The van der Waals surface area contributed by atoms with Gasteiger partial charge >= 0.3 is 0 Å². The molecule has 1 aliphatic rings. The lowest BCUT2D eigenvalue weighted by Gasteiger charge is -2.31. The molecule has 1 saturated carbocycles. The fourth-order valence-electron chi connectivity index (χ4n) is 3.40. The Bertz CT molecular complexity index is 205. The van der Waals surface area contributed by atoms with Gasteiger partial charge in [-0.15, -0.1) is 0 Å². The molecule has 0 radical (unpaired) electrons. The lowest BCUT2D eigenvalue weighted by molar-refractivity contribution is 0.224. The molecule has 1 aliphatic carbocycles. The number of nitrogens with one attached hydrogen (secondary N) is 2. The minimum atomic E-state index is 0.618. The van der Waals surface area contributed by atoms with Gasteiger partial charge in [0.2, 0.25) is 0 Å². The van der Waals surface area contributed by atoms with Crippen molar-refractivity contribution in [2.45, 2.75) is 72.3 Å². The van der Waals surface area contributed by atoms with Crippen LogP contribution in [0.2, 0.25) is 0 Å². The molecule has 1 rings (SSSR count). The van der Waals surface area contributed by atoms with E-state index in [2.05, 4.69) is 38.3 Å². The molecular weight excluding hydrogens is 220 g/mol. The predicted octanol–water partition coefficient (Wildman–Crippen LogP) is 3.57. The van der Waals surface area contributed by atoms with E-state index in [0.717, 1.165) is 12.5 Å². The van der Waals surface area contributed by atoms with E-state index in [1.54, 1.807) is 0 Å². The number of hydrogen-bond acceptors (Lipinski definition) is 2. The highest BCUT2D eigenvalue weighted by molar-refractivity contribution is 4.87. The third kappa shape index (κ3) is 6.19. The third-order valence-corrected chi connectivity index (χ3v) is 4.09. The Morgan fingerprint density at radius 1 is 1.00 bits per heavy atom. The van der Waals surface area contributed by atoms with Crippen LogP contribution in [-0.2, 0) is 0 Å². The molecule has 0 aromatic rings. The van der Waals surface area contributed by atoms with E-state index < -0.39 is 0 Å². The average molecular weight is 254 g/mol. The molecule has 2 heteroatoms. The van der Waals surface area contributed by atoms with Crippen LogP contribution < -0.4 is 10.6 Å². The van der Waals surface area contributed by atoms with Crippen molar-refractivity contribution in [2.24, 2.45) is 11.3 Å². The first-order valence-electron chi connectivity index (χ1n) is 7.98. The molecule has 0 atom stereocenters. The largest absolute Gasteiger partial charge is 0.316 e. The Hall–Kier alpha value is -0.0800. The van der Waals surface area contributed by atoms with Crippen LogP contribution in [0.25, 0.3) is 0 Å². The van der Waals surface area contributed by atoms with Gasteiger partial charge in [-0.3, -0.25) is 0 Å². The lowest BCUT2D eigenvalue weighted by Crippen LogP contribution is -2.35. The Kier molecular flexibility index (Phi) is 7.25. The Labute approximate surface area is 114 Å². The van der Waals surface area contributed by atoms with Crippen molar-refractivity contribution >= 4 is 0 Å². The second kappa shape index (κ2) is 8.16. The van der Waals surface area contributed by atoms with Crippen molar-refractivity contribution in [3.63, 3.8) is 0 Å². The summed E-state index contributed by atoms with van der Waals surface area (Å²) >= 11 is 0. The smallest absolute Gasteiger partial charge is 0.00103 e. The van der Waals surface area contributed by atoms with Crippen molar-refractivity contribution in [2.75, 3.05) is 19.6 Å². The van der Waals surface area contributed by atoms with E-state index in [4.69, 9.17) is 0 Å². The van der Waals surface area contributed by atoms with Gasteiger partial charge < -0.3 is 10.6 Å². The molecule has 2 N–H and O–H groups in total. The topological polar surface area (TPSA) is 24.1 Å². The van der Waals surface area contributed by atoms with E-state index in [1.165, 1.54) is 51.6 Å². The monoisotopic (exact) mass is 254 g/mol. The fourth-order valence-corrected chi connectivity index (χ4v) is 3.40. The van der Waals surface area contributed by atoms with Crippen molar-refractivity contribution < 1.29 is 0 Å². The van der Waals surface area contributed by atoms with E-state index in [-0.39, 0.29) is 0 Å². The zero-order valence-electron chi connectivity index (χ0n) is 13.0. The van der Waals surface area contributed by atoms with Gasteiger partial charge in [0.05, 0.1) is 0 Å². The Morgan fingerprint density at radius 3 is 2.22 bits per heavy atom. The van der Waals surface area contributed by atoms with Crippen LogP contribution in [0.3, 0.4) is 0 Å². The van der Waals surface area contributed by atoms with E-state index in [1.807, 2.05) is 0 Å². The molecule has 108 valence electrons. The second-order valence-electron chi connectivity index (χ2n) is 6.94. The fraction of sp³-hybridized carbons (Fsp3) is 1.00. The van der Waals surface area contributed by atoms with Crippen molar-refractivity contribution in [3.8, 4) is 0 Å². The van der Waals surface area contributed by atoms with E-state index in [0.29, 0.717) is 11.5 Å². The van der Waals surface area contributed by atoms with Gasteiger partial charge in [0.25, 0.3) is 0 Å². The van der Waals surface area contributed by atoms with Gasteiger partial charge in [-0.1, -0.05) is 40.5 Å². The van der Waals surface area contributed by atoms with Gasteiger partial charge in [0, 0.05) is 12.6 Å². The highest BCUT2D eigenvalue weighted by atomic mass is 14.9. The molecule has 0 spiro atoms. The normalized spacial score (nSPS) is 19.0. The summed E-state index contributed by atoms with van der Waals surface area (Å²) in [7, 11) is 0. The minimum Gasteiger partial charge on any atom is -0.316 e. The number of hydrogen-bond donors (Lipinski definition) is 2. The van der Waals surface area contributed by atoms with E-state index >= 15 is 0 Å². The molecule has 0 bridgehead atoms. The SMILES string of the molecule is CC(C)CC1(CNCCCNC(C)C)CCCC1. The standard InChI is InChI=1S/C16H34N2/c1-14(2)12-16(8-5-6-9-16)13-17-10-7-11-18-15(3)4/h14-15,17-18H,5-13H2,1-4H3. The van der Waals surface area contributed by atoms with Crippen molar-refractivity contribution in [3.05, 3.63) is 0 Å². The van der Waals surface area contributed by atoms with Crippen molar-refractivity contribution in [1.29, 1.82) is 0 Å². The van der Waals surface area contributed by atoms with Crippen LogP contribution in [0.5, 0.6) is 0 Å². The lowest BCUT2D eigenvalue weighted by atomic mass is 9.78. The van der Waals surface area contributed by atoms with Gasteiger partial charge in [0.15, 0.2) is 0 Å². The second-order valence-corrected chi connectivity index (χ2v) is 6.94. The molecule has 0 saturated heterocycles. The van der Waals surface area contributed by atoms with Crippen molar-refractivity contribution in [1.82, 2.24) is 10.6 Å². The van der Waals surface area contributed by atoms with Crippen LogP contribution in [0.15, 0.2) is 0 Å². The Morgan fingerprint density at radius 2 is 1.67 bits per heavy atom. The van der Waals surface area contributed by atoms with Crippen LogP contribution in [0.4, 0.5) is 0 Å². The zero-order valence-corrected chi connectivity index (χ0v) is 13.0. The first-order valence-corrected chi connectivity index (χ1v) is 7.98. The summed E-state index contributed by atoms with van der Waals surface area (Å²) in [6.07, 6.45) is 8.44. The molecular formula is C16H34N2. The van der Waals surface area contributed by atoms with Crippen LogP contribution in [0.1, 0.15) is 66.2 Å². The highest BCUT2D eigenvalue weighted by Gasteiger charge is 2.33. The maximum atomic E-state index is 3.71. The molecule has 1 fully saturated rings.